The molecule has 4 rings (SSSR count). The van der Waals surface area contributed by atoms with Crippen molar-refractivity contribution in [3.8, 4) is 0 Å². The first-order chi connectivity index (χ1) is 10.4. The number of rotatable bonds is 6. The van der Waals surface area contributed by atoms with Crippen LogP contribution in [0, 0.1) is 0 Å². The highest BCUT2D eigenvalue weighted by Crippen LogP contribution is 2.18. The molecule has 0 unspecified atom stereocenters. The van der Waals surface area contributed by atoms with E-state index in [0.29, 0.717) is 6.04 Å². The maximum absolute atomic E-state index is 4.40. The Morgan fingerprint density at radius 2 is 2.10 bits per heavy atom. The lowest BCUT2D eigenvalue weighted by Crippen LogP contribution is -2.15. The van der Waals surface area contributed by atoms with Crippen LogP contribution in [-0.2, 0) is 19.6 Å². The van der Waals surface area contributed by atoms with Gasteiger partial charge in [0.05, 0.1) is 29.6 Å². The number of hydrogen-bond donors (Lipinski definition) is 1. The van der Waals surface area contributed by atoms with Gasteiger partial charge < -0.3 is 9.88 Å². The van der Waals surface area contributed by atoms with Crippen molar-refractivity contribution in [3.63, 3.8) is 0 Å². The summed E-state index contributed by atoms with van der Waals surface area (Å²) in [7, 11) is 0. The molecule has 0 saturated heterocycles. The van der Waals surface area contributed by atoms with Crippen LogP contribution < -0.4 is 5.32 Å². The number of imidazole rings is 1. The van der Waals surface area contributed by atoms with E-state index in [9.17, 15) is 0 Å². The summed E-state index contributed by atoms with van der Waals surface area (Å²) in [6.45, 7) is 2.47. The Morgan fingerprint density at radius 1 is 1.19 bits per heavy atom. The van der Waals surface area contributed by atoms with Crippen LogP contribution in [0.2, 0.25) is 0 Å². The van der Waals surface area contributed by atoms with E-state index in [1.165, 1.54) is 12.8 Å². The summed E-state index contributed by atoms with van der Waals surface area (Å²) in [6, 6.07) is 8.87. The number of nitrogens with one attached hydrogen (secondary N) is 1. The monoisotopic (exact) mass is 282 g/mol. The van der Waals surface area contributed by atoms with Crippen molar-refractivity contribution in [1.29, 1.82) is 0 Å². The van der Waals surface area contributed by atoms with Gasteiger partial charge in [0, 0.05) is 25.3 Å². The van der Waals surface area contributed by atoms with Crippen molar-refractivity contribution < 1.29 is 0 Å². The second kappa shape index (κ2) is 5.29. The molecule has 0 spiro atoms. The molecule has 21 heavy (non-hydrogen) atoms. The Balaban J connectivity index is 1.39. The molecule has 1 aliphatic rings. The van der Waals surface area contributed by atoms with Crippen molar-refractivity contribution in [2.75, 3.05) is 0 Å². The second-order valence-electron chi connectivity index (χ2n) is 5.55. The lowest BCUT2D eigenvalue weighted by molar-refractivity contribution is 0.526. The van der Waals surface area contributed by atoms with E-state index in [-0.39, 0.29) is 0 Å². The van der Waals surface area contributed by atoms with Crippen LogP contribution in [0.1, 0.15) is 18.5 Å². The number of nitrogens with zero attached hydrogens (tertiary/aromatic N) is 5. The number of benzene rings is 1. The molecular weight excluding hydrogens is 264 g/mol. The molecule has 108 valence electrons. The summed E-state index contributed by atoms with van der Waals surface area (Å²) >= 11 is 0. The molecule has 0 aliphatic heterocycles. The fourth-order valence-corrected chi connectivity index (χ4v) is 2.46. The van der Waals surface area contributed by atoms with E-state index in [2.05, 4.69) is 31.2 Å². The third-order valence-corrected chi connectivity index (χ3v) is 3.83. The SMILES string of the molecule is c1ccc2c(c1)ncn2CCn1cc(CNC2CC2)nn1. The molecule has 2 aromatic heterocycles. The molecule has 1 N–H and O–H groups in total. The molecule has 1 aliphatic carbocycles. The Hall–Kier alpha value is -2.21. The maximum atomic E-state index is 4.40. The van der Waals surface area contributed by atoms with E-state index < -0.39 is 0 Å². The summed E-state index contributed by atoms with van der Waals surface area (Å²) in [5, 5.41) is 11.8. The summed E-state index contributed by atoms with van der Waals surface area (Å²) in [4.78, 5) is 4.40. The highest BCUT2D eigenvalue weighted by molar-refractivity contribution is 5.74. The Labute approximate surface area is 122 Å². The largest absolute Gasteiger partial charge is 0.329 e. The molecule has 2 heterocycles. The van der Waals surface area contributed by atoms with Crippen LogP contribution >= 0.6 is 0 Å². The van der Waals surface area contributed by atoms with Gasteiger partial charge in [0.25, 0.3) is 0 Å². The summed E-state index contributed by atoms with van der Waals surface area (Å²) in [6.07, 6.45) is 6.50. The van der Waals surface area contributed by atoms with Crippen LogP contribution in [0.4, 0.5) is 0 Å². The first kappa shape index (κ1) is 12.5. The minimum Gasteiger partial charge on any atom is -0.329 e. The lowest BCUT2D eigenvalue weighted by Gasteiger charge is -2.03. The molecule has 0 amide bonds. The molecule has 1 saturated carbocycles. The van der Waals surface area contributed by atoms with E-state index in [0.717, 1.165) is 36.4 Å². The molecule has 1 fully saturated rings. The molecule has 1 aromatic carbocycles. The van der Waals surface area contributed by atoms with Crippen LogP contribution in [-0.4, -0.2) is 30.6 Å². The van der Waals surface area contributed by atoms with Gasteiger partial charge in [-0.15, -0.1) is 5.10 Å². The first-order valence-corrected chi connectivity index (χ1v) is 7.41. The smallest absolute Gasteiger partial charge is 0.0964 e. The number of fused-ring (bicyclic) bond motifs is 1. The van der Waals surface area contributed by atoms with Gasteiger partial charge in [-0.05, 0) is 25.0 Å². The zero-order chi connectivity index (χ0) is 14.1. The van der Waals surface area contributed by atoms with E-state index in [1.807, 2.05) is 35.4 Å². The second-order valence-corrected chi connectivity index (χ2v) is 5.55. The highest BCUT2D eigenvalue weighted by atomic mass is 15.4. The normalized spacial score (nSPS) is 14.9. The van der Waals surface area contributed by atoms with Gasteiger partial charge in [-0.1, -0.05) is 17.3 Å². The van der Waals surface area contributed by atoms with Gasteiger partial charge in [-0.2, -0.15) is 0 Å². The molecule has 0 bridgehead atoms. The number of aromatic nitrogens is 5. The average molecular weight is 282 g/mol. The molecule has 0 radical (unpaired) electrons. The van der Waals surface area contributed by atoms with Gasteiger partial charge in [0.2, 0.25) is 0 Å². The molecule has 0 atom stereocenters. The molecule has 6 nitrogen and oxygen atoms in total. The van der Waals surface area contributed by atoms with Crippen LogP contribution in [0.3, 0.4) is 0 Å². The van der Waals surface area contributed by atoms with E-state index >= 15 is 0 Å². The lowest BCUT2D eigenvalue weighted by atomic mass is 10.3. The third-order valence-electron chi connectivity index (χ3n) is 3.83. The topological polar surface area (TPSA) is 60.6 Å². The van der Waals surface area contributed by atoms with Crippen LogP contribution in [0.5, 0.6) is 0 Å². The predicted molar refractivity (Wildman–Crippen MR) is 79.6 cm³/mol. The van der Waals surface area contributed by atoms with Gasteiger partial charge in [0.15, 0.2) is 0 Å². The van der Waals surface area contributed by atoms with Gasteiger partial charge in [-0.25, -0.2) is 4.98 Å². The number of para-hydroxylation sites is 2. The zero-order valence-electron chi connectivity index (χ0n) is 11.8. The quantitative estimate of drug-likeness (QED) is 0.745. The van der Waals surface area contributed by atoms with Crippen LogP contribution in [0.25, 0.3) is 11.0 Å². The first-order valence-electron chi connectivity index (χ1n) is 7.41. The van der Waals surface area contributed by atoms with Crippen molar-refractivity contribution >= 4 is 11.0 Å². The maximum Gasteiger partial charge on any atom is 0.0964 e. The van der Waals surface area contributed by atoms with Crippen molar-refractivity contribution in [1.82, 2.24) is 29.9 Å². The Bertz CT molecular complexity index is 739. The minimum absolute atomic E-state index is 0.701. The molecule has 3 aromatic rings. The third kappa shape index (κ3) is 2.80. The highest BCUT2D eigenvalue weighted by Gasteiger charge is 2.20. The van der Waals surface area contributed by atoms with E-state index in [1.54, 1.807) is 0 Å². The standard InChI is InChI=1S/C15H18N6/c1-2-4-15-14(3-1)17-11-20(15)7-8-21-10-13(18-19-21)9-16-12-5-6-12/h1-4,10-12,16H,5-9H2. The predicted octanol–water partition coefficient (Wildman–Crippen LogP) is 1.58. The Morgan fingerprint density at radius 3 is 3.00 bits per heavy atom. The van der Waals surface area contributed by atoms with Crippen molar-refractivity contribution in [2.45, 2.75) is 38.5 Å². The fourth-order valence-electron chi connectivity index (χ4n) is 2.46. The van der Waals surface area contributed by atoms with Crippen molar-refractivity contribution in [2.24, 2.45) is 0 Å². The van der Waals surface area contributed by atoms with Crippen LogP contribution in [0.15, 0.2) is 36.8 Å². The zero-order valence-corrected chi connectivity index (χ0v) is 11.8. The van der Waals surface area contributed by atoms with E-state index in [4.69, 9.17) is 0 Å². The Kier molecular flexibility index (Phi) is 3.16. The van der Waals surface area contributed by atoms with Crippen molar-refractivity contribution in [3.05, 3.63) is 42.5 Å². The summed E-state index contributed by atoms with van der Waals surface area (Å²) in [5.41, 5.74) is 3.20. The summed E-state index contributed by atoms with van der Waals surface area (Å²) < 4.78 is 4.05. The fraction of sp³-hybridized carbons (Fsp3) is 0.400. The average Bonchev–Trinajstić information content (AvgIpc) is 3.09. The minimum atomic E-state index is 0.701. The summed E-state index contributed by atoms with van der Waals surface area (Å²) in [5.74, 6) is 0. The van der Waals surface area contributed by atoms with Gasteiger partial charge >= 0.3 is 0 Å². The van der Waals surface area contributed by atoms with Gasteiger partial charge in [-0.3, -0.25) is 4.68 Å². The number of hydrogen-bond acceptors (Lipinski definition) is 4. The van der Waals surface area contributed by atoms with Gasteiger partial charge in [0.1, 0.15) is 0 Å². The molecule has 6 heteroatoms. The number of aryl methyl sites for hydroxylation is 2. The molecular formula is C15H18N6.